The first-order valence-electron chi connectivity index (χ1n) is 5.44. The molecule has 0 bridgehead atoms. The van der Waals surface area contributed by atoms with Crippen LogP contribution in [0.15, 0.2) is 18.2 Å². The van der Waals surface area contributed by atoms with Crippen LogP contribution in [0.5, 0.6) is 0 Å². The highest BCUT2D eigenvalue weighted by Crippen LogP contribution is 2.31. The Labute approximate surface area is 106 Å². The number of benzene rings is 1. The third-order valence-corrected chi connectivity index (χ3v) is 3.64. The Morgan fingerprint density at radius 2 is 1.81 bits per heavy atom. The van der Waals surface area contributed by atoms with Crippen LogP contribution in [0.1, 0.15) is 24.8 Å². The van der Waals surface area contributed by atoms with Crippen LogP contribution in [0.2, 0.25) is 10.0 Å². The van der Waals surface area contributed by atoms with Gasteiger partial charge in [-0.3, -0.25) is 0 Å². The molecule has 0 atom stereocenters. The molecule has 0 heterocycles. The van der Waals surface area contributed by atoms with Crippen LogP contribution in [-0.4, -0.2) is 17.3 Å². The molecule has 1 aromatic carbocycles. The SMILES string of the molecule is OCC1(NCc2cc(Cl)cc(Cl)c2)CCC1. The van der Waals surface area contributed by atoms with Crippen molar-refractivity contribution in [2.24, 2.45) is 0 Å². The minimum Gasteiger partial charge on any atom is -0.394 e. The Balaban J connectivity index is 1.98. The molecule has 4 heteroatoms. The summed E-state index contributed by atoms with van der Waals surface area (Å²) >= 11 is 11.8. The van der Waals surface area contributed by atoms with Crippen LogP contribution >= 0.6 is 23.2 Å². The molecule has 1 aliphatic rings. The molecule has 0 amide bonds. The highest BCUT2D eigenvalue weighted by atomic mass is 35.5. The highest BCUT2D eigenvalue weighted by molar-refractivity contribution is 6.34. The van der Waals surface area contributed by atoms with E-state index in [1.165, 1.54) is 6.42 Å². The first kappa shape index (κ1) is 12.2. The molecule has 1 aromatic rings. The van der Waals surface area contributed by atoms with Crippen LogP contribution in [0, 0.1) is 0 Å². The molecule has 0 aliphatic heterocycles. The van der Waals surface area contributed by atoms with Gasteiger partial charge < -0.3 is 10.4 Å². The van der Waals surface area contributed by atoms with Gasteiger partial charge in [-0.05, 0) is 43.0 Å². The van der Waals surface area contributed by atoms with Crippen molar-refractivity contribution in [3.05, 3.63) is 33.8 Å². The molecule has 2 nitrogen and oxygen atoms in total. The normalized spacial score (nSPS) is 18.2. The van der Waals surface area contributed by atoms with Gasteiger partial charge in [-0.15, -0.1) is 0 Å². The second-order valence-electron chi connectivity index (χ2n) is 4.42. The Hall–Kier alpha value is -0.280. The van der Waals surface area contributed by atoms with Crippen molar-refractivity contribution in [2.75, 3.05) is 6.61 Å². The standard InChI is InChI=1S/C12H15Cl2NO/c13-10-4-9(5-11(14)6-10)7-15-12(8-16)2-1-3-12/h4-6,15-16H,1-3,7-8H2. The van der Waals surface area contributed by atoms with Crippen molar-refractivity contribution in [3.8, 4) is 0 Å². The van der Waals surface area contributed by atoms with Crippen molar-refractivity contribution >= 4 is 23.2 Å². The fourth-order valence-corrected chi connectivity index (χ4v) is 2.57. The maximum Gasteiger partial charge on any atom is 0.0613 e. The van der Waals surface area contributed by atoms with Gasteiger partial charge in [0, 0.05) is 22.1 Å². The molecule has 2 rings (SSSR count). The summed E-state index contributed by atoms with van der Waals surface area (Å²) in [4.78, 5) is 0. The van der Waals surface area contributed by atoms with E-state index in [2.05, 4.69) is 5.32 Å². The molecule has 1 saturated carbocycles. The van der Waals surface area contributed by atoms with Gasteiger partial charge in [0.25, 0.3) is 0 Å². The number of aliphatic hydroxyl groups excluding tert-OH is 1. The van der Waals surface area contributed by atoms with Gasteiger partial charge in [-0.2, -0.15) is 0 Å². The molecule has 88 valence electrons. The van der Waals surface area contributed by atoms with E-state index in [-0.39, 0.29) is 12.1 Å². The van der Waals surface area contributed by atoms with Gasteiger partial charge >= 0.3 is 0 Å². The van der Waals surface area contributed by atoms with Gasteiger partial charge in [-0.25, -0.2) is 0 Å². The Bertz CT molecular complexity index is 352. The van der Waals surface area contributed by atoms with Gasteiger partial charge in [0.15, 0.2) is 0 Å². The first-order valence-corrected chi connectivity index (χ1v) is 6.20. The minimum atomic E-state index is -0.0746. The summed E-state index contributed by atoms with van der Waals surface area (Å²) in [5, 5.41) is 14.0. The van der Waals surface area contributed by atoms with Gasteiger partial charge in [0.2, 0.25) is 0 Å². The van der Waals surface area contributed by atoms with Gasteiger partial charge in [-0.1, -0.05) is 23.2 Å². The number of nitrogens with one attached hydrogen (secondary N) is 1. The van der Waals surface area contributed by atoms with E-state index in [0.29, 0.717) is 16.6 Å². The molecule has 0 radical (unpaired) electrons. The highest BCUT2D eigenvalue weighted by Gasteiger charge is 2.35. The first-order chi connectivity index (χ1) is 7.63. The van der Waals surface area contributed by atoms with E-state index in [1.54, 1.807) is 6.07 Å². The number of hydrogen-bond donors (Lipinski definition) is 2. The fraction of sp³-hybridized carbons (Fsp3) is 0.500. The van der Waals surface area contributed by atoms with Crippen molar-refractivity contribution in [1.82, 2.24) is 5.32 Å². The summed E-state index contributed by atoms with van der Waals surface area (Å²) in [6.07, 6.45) is 3.26. The lowest BCUT2D eigenvalue weighted by molar-refractivity contribution is 0.0872. The van der Waals surface area contributed by atoms with E-state index < -0.39 is 0 Å². The number of aliphatic hydroxyl groups is 1. The van der Waals surface area contributed by atoms with Crippen molar-refractivity contribution in [2.45, 2.75) is 31.3 Å². The summed E-state index contributed by atoms with van der Waals surface area (Å²) in [6.45, 7) is 0.891. The van der Waals surface area contributed by atoms with Crippen LogP contribution in [0.3, 0.4) is 0 Å². The maximum absolute atomic E-state index is 9.31. The lowest BCUT2D eigenvalue weighted by atomic mass is 9.77. The molecule has 0 unspecified atom stereocenters. The predicted octanol–water partition coefficient (Wildman–Crippen LogP) is 3.00. The molecule has 0 saturated heterocycles. The molecular formula is C12H15Cl2NO. The summed E-state index contributed by atoms with van der Waals surface area (Å²) in [7, 11) is 0. The van der Waals surface area contributed by atoms with Crippen molar-refractivity contribution in [1.29, 1.82) is 0 Å². The van der Waals surface area contributed by atoms with Crippen LogP contribution in [0.4, 0.5) is 0 Å². The minimum absolute atomic E-state index is 0.0746. The lowest BCUT2D eigenvalue weighted by Gasteiger charge is -2.41. The lowest BCUT2D eigenvalue weighted by Crippen LogP contribution is -2.53. The zero-order valence-electron chi connectivity index (χ0n) is 8.97. The van der Waals surface area contributed by atoms with Gasteiger partial charge in [0.1, 0.15) is 0 Å². The quantitative estimate of drug-likeness (QED) is 0.872. The Morgan fingerprint density at radius 1 is 1.19 bits per heavy atom. The third kappa shape index (κ3) is 2.69. The molecular weight excluding hydrogens is 245 g/mol. The zero-order valence-corrected chi connectivity index (χ0v) is 10.5. The third-order valence-electron chi connectivity index (χ3n) is 3.20. The van der Waals surface area contributed by atoms with Gasteiger partial charge in [0.05, 0.1) is 6.61 Å². The molecule has 1 fully saturated rings. The monoisotopic (exact) mass is 259 g/mol. The molecule has 0 aromatic heterocycles. The van der Waals surface area contributed by atoms with Crippen molar-refractivity contribution < 1.29 is 5.11 Å². The van der Waals surface area contributed by atoms with Crippen molar-refractivity contribution in [3.63, 3.8) is 0 Å². The largest absolute Gasteiger partial charge is 0.394 e. The Morgan fingerprint density at radius 3 is 2.25 bits per heavy atom. The van der Waals surface area contributed by atoms with E-state index in [1.807, 2.05) is 12.1 Å². The number of halogens is 2. The molecule has 2 N–H and O–H groups in total. The summed E-state index contributed by atoms with van der Waals surface area (Å²) < 4.78 is 0. The number of rotatable bonds is 4. The average molecular weight is 260 g/mol. The summed E-state index contributed by atoms with van der Waals surface area (Å²) in [6, 6.07) is 5.51. The van der Waals surface area contributed by atoms with Crippen LogP contribution in [-0.2, 0) is 6.54 Å². The summed E-state index contributed by atoms with van der Waals surface area (Å²) in [5.74, 6) is 0. The number of hydrogen-bond acceptors (Lipinski definition) is 2. The van der Waals surface area contributed by atoms with E-state index in [0.717, 1.165) is 18.4 Å². The summed E-state index contributed by atoms with van der Waals surface area (Å²) in [5.41, 5.74) is 0.978. The topological polar surface area (TPSA) is 32.3 Å². The second-order valence-corrected chi connectivity index (χ2v) is 5.30. The van der Waals surface area contributed by atoms with E-state index in [9.17, 15) is 5.11 Å². The average Bonchev–Trinajstić information content (AvgIpc) is 2.15. The second kappa shape index (κ2) is 4.92. The van der Waals surface area contributed by atoms with E-state index in [4.69, 9.17) is 23.2 Å². The fourth-order valence-electron chi connectivity index (χ4n) is 2.00. The Kier molecular flexibility index (Phi) is 3.75. The molecule has 1 aliphatic carbocycles. The van der Waals surface area contributed by atoms with Crippen LogP contribution < -0.4 is 5.32 Å². The zero-order chi connectivity index (χ0) is 11.6. The smallest absolute Gasteiger partial charge is 0.0613 e. The predicted molar refractivity (Wildman–Crippen MR) is 67.0 cm³/mol. The molecule has 0 spiro atoms. The maximum atomic E-state index is 9.31. The van der Waals surface area contributed by atoms with Crippen LogP contribution in [0.25, 0.3) is 0 Å². The van der Waals surface area contributed by atoms with E-state index >= 15 is 0 Å². The molecule has 16 heavy (non-hydrogen) atoms.